The van der Waals surface area contributed by atoms with E-state index in [-0.39, 0.29) is 30.9 Å². The molecule has 0 fully saturated rings. The fourth-order valence-corrected chi connectivity index (χ4v) is 2.27. The van der Waals surface area contributed by atoms with Crippen molar-refractivity contribution >= 4 is 23.7 Å². The van der Waals surface area contributed by atoms with Gasteiger partial charge in [0, 0.05) is 18.6 Å². The van der Waals surface area contributed by atoms with Crippen LogP contribution in [0.1, 0.15) is 18.4 Å². The molecule has 0 saturated heterocycles. The van der Waals surface area contributed by atoms with Crippen molar-refractivity contribution in [3.8, 4) is 5.75 Å². The van der Waals surface area contributed by atoms with Crippen molar-refractivity contribution in [1.82, 2.24) is 5.32 Å². The number of alkyl carbamates (subject to hydrolysis) is 1. The number of nitrogens with one attached hydrogen (secondary N) is 1. The van der Waals surface area contributed by atoms with Gasteiger partial charge in [0.15, 0.2) is 0 Å². The van der Waals surface area contributed by atoms with Gasteiger partial charge >= 0.3 is 12.1 Å². The lowest BCUT2D eigenvalue weighted by molar-refractivity contribution is -0.384. The largest absolute Gasteiger partial charge is 0.445 e. The van der Waals surface area contributed by atoms with Crippen molar-refractivity contribution in [2.75, 3.05) is 0 Å². The highest BCUT2D eigenvalue weighted by molar-refractivity contribution is 5.84. The average Bonchev–Trinajstić information content (AvgIpc) is 2.70. The number of non-ortho nitro benzene ring substituents is 1. The second-order valence-corrected chi connectivity index (χ2v) is 5.94. The summed E-state index contributed by atoms with van der Waals surface area (Å²) in [4.78, 5) is 45.5. The summed E-state index contributed by atoms with van der Waals surface area (Å²) in [6.45, 7) is -0.00733. The third kappa shape index (κ3) is 7.29. The van der Waals surface area contributed by atoms with E-state index in [9.17, 15) is 24.5 Å². The first-order valence-electron chi connectivity index (χ1n) is 8.57. The molecule has 0 aliphatic rings. The molecule has 3 N–H and O–H groups in total. The number of nitrogens with two attached hydrogens (primary N) is 1. The van der Waals surface area contributed by atoms with E-state index in [1.54, 1.807) is 24.3 Å². The zero-order valence-electron chi connectivity index (χ0n) is 15.3. The lowest BCUT2D eigenvalue weighted by Crippen LogP contribution is -2.43. The van der Waals surface area contributed by atoms with Crippen molar-refractivity contribution in [3.05, 3.63) is 70.3 Å². The Hall–Kier alpha value is -3.95. The lowest BCUT2D eigenvalue weighted by atomic mass is 10.1. The third-order valence-corrected chi connectivity index (χ3v) is 3.73. The minimum absolute atomic E-state index is 0.00733. The molecule has 0 bridgehead atoms. The Kier molecular flexibility index (Phi) is 7.66. The zero-order chi connectivity index (χ0) is 21.2. The highest BCUT2D eigenvalue weighted by Gasteiger charge is 2.24. The van der Waals surface area contributed by atoms with Crippen molar-refractivity contribution < 1.29 is 28.8 Å². The van der Waals surface area contributed by atoms with Crippen molar-refractivity contribution in [3.63, 3.8) is 0 Å². The first-order valence-corrected chi connectivity index (χ1v) is 8.57. The van der Waals surface area contributed by atoms with Gasteiger partial charge in [-0.3, -0.25) is 14.9 Å². The van der Waals surface area contributed by atoms with Gasteiger partial charge in [0.1, 0.15) is 18.4 Å². The molecule has 10 heteroatoms. The molecule has 0 saturated carbocycles. The number of ether oxygens (including phenoxy) is 2. The fraction of sp³-hybridized carbons (Fsp3) is 0.211. The number of esters is 1. The van der Waals surface area contributed by atoms with Gasteiger partial charge in [0.25, 0.3) is 5.69 Å². The number of carbonyl (C=O) groups is 3. The Balaban J connectivity index is 1.97. The van der Waals surface area contributed by atoms with Crippen LogP contribution in [0.4, 0.5) is 10.5 Å². The minimum atomic E-state index is -1.19. The monoisotopic (exact) mass is 401 g/mol. The van der Waals surface area contributed by atoms with Crippen LogP contribution in [0.2, 0.25) is 0 Å². The standard InChI is InChI=1S/C19H19N3O7/c20-17(23)11-10-16(21-19(25)28-12-13-4-2-1-3-5-13)18(24)29-15-8-6-14(7-9-15)22(26)27/h1-9,16H,10-12H2,(H2,20,23)(H,21,25)/t16-/m1/s1. The molecule has 0 aliphatic carbocycles. The predicted molar refractivity (Wildman–Crippen MR) is 101 cm³/mol. The maximum absolute atomic E-state index is 12.4. The first kappa shape index (κ1) is 21.4. The Morgan fingerprint density at radius 2 is 1.72 bits per heavy atom. The molecular weight excluding hydrogens is 382 g/mol. The van der Waals surface area contributed by atoms with Crippen LogP contribution in [-0.4, -0.2) is 28.9 Å². The molecule has 0 radical (unpaired) electrons. The molecule has 152 valence electrons. The molecule has 0 unspecified atom stereocenters. The molecule has 10 nitrogen and oxygen atoms in total. The SMILES string of the molecule is NC(=O)CC[C@@H](NC(=O)OCc1ccccc1)C(=O)Oc1ccc([N+](=O)[O-])cc1. The van der Waals surface area contributed by atoms with Crippen LogP contribution >= 0.6 is 0 Å². The number of amides is 2. The smallest absolute Gasteiger partial charge is 0.408 e. The second kappa shape index (κ2) is 10.4. The quantitative estimate of drug-likeness (QED) is 0.282. The van der Waals surface area contributed by atoms with E-state index in [4.69, 9.17) is 15.2 Å². The van der Waals surface area contributed by atoms with Crippen molar-refractivity contribution in [1.29, 1.82) is 0 Å². The summed E-state index contributed by atoms with van der Waals surface area (Å²) < 4.78 is 10.2. The van der Waals surface area contributed by atoms with Crippen LogP contribution in [-0.2, 0) is 20.9 Å². The second-order valence-electron chi connectivity index (χ2n) is 5.94. The van der Waals surface area contributed by atoms with E-state index in [1.807, 2.05) is 6.07 Å². The van der Waals surface area contributed by atoms with Crippen LogP contribution in [0, 0.1) is 10.1 Å². The van der Waals surface area contributed by atoms with Crippen molar-refractivity contribution in [2.45, 2.75) is 25.5 Å². The number of hydrogen-bond acceptors (Lipinski definition) is 7. The summed E-state index contributed by atoms with van der Waals surface area (Å²) in [7, 11) is 0. The van der Waals surface area contributed by atoms with Crippen LogP contribution in [0.5, 0.6) is 5.75 Å². The van der Waals surface area contributed by atoms with Crippen LogP contribution < -0.4 is 15.8 Å². The summed E-state index contributed by atoms with van der Waals surface area (Å²) in [6.07, 6.45) is -1.13. The van der Waals surface area contributed by atoms with Gasteiger partial charge in [0.2, 0.25) is 5.91 Å². The lowest BCUT2D eigenvalue weighted by Gasteiger charge is -2.17. The first-order chi connectivity index (χ1) is 13.8. The zero-order valence-corrected chi connectivity index (χ0v) is 15.3. The molecule has 29 heavy (non-hydrogen) atoms. The van der Waals surface area contributed by atoms with E-state index in [0.717, 1.165) is 5.56 Å². The number of nitro benzene ring substituents is 1. The van der Waals surface area contributed by atoms with Crippen LogP contribution in [0.3, 0.4) is 0 Å². The van der Waals surface area contributed by atoms with E-state index in [1.165, 1.54) is 24.3 Å². The van der Waals surface area contributed by atoms with Gasteiger partial charge in [-0.15, -0.1) is 0 Å². The molecule has 0 aliphatic heterocycles. The molecule has 2 rings (SSSR count). The Labute approximate surface area is 165 Å². The summed E-state index contributed by atoms with van der Waals surface area (Å²) in [5.41, 5.74) is 5.69. The number of nitro groups is 1. The number of rotatable bonds is 9. The Morgan fingerprint density at radius 1 is 1.07 bits per heavy atom. The topological polar surface area (TPSA) is 151 Å². The number of benzene rings is 2. The molecular formula is C19H19N3O7. The van der Waals surface area contributed by atoms with Gasteiger partial charge < -0.3 is 20.5 Å². The normalized spacial score (nSPS) is 11.2. The van der Waals surface area contributed by atoms with E-state index in [2.05, 4.69) is 5.32 Å². The summed E-state index contributed by atoms with van der Waals surface area (Å²) >= 11 is 0. The number of hydrogen-bond donors (Lipinski definition) is 2. The van der Waals surface area contributed by atoms with Crippen LogP contribution in [0.15, 0.2) is 54.6 Å². The number of carbonyl (C=O) groups excluding carboxylic acids is 3. The maximum atomic E-state index is 12.4. The van der Waals surface area contributed by atoms with Gasteiger partial charge in [-0.1, -0.05) is 30.3 Å². The Bertz CT molecular complexity index is 869. The minimum Gasteiger partial charge on any atom is -0.445 e. The molecule has 2 aromatic rings. The summed E-state index contributed by atoms with van der Waals surface area (Å²) in [5.74, 6) is -1.47. The maximum Gasteiger partial charge on any atom is 0.408 e. The fourth-order valence-electron chi connectivity index (χ4n) is 2.27. The average molecular weight is 401 g/mol. The Morgan fingerprint density at radius 3 is 2.31 bits per heavy atom. The third-order valence-electron chi connectivity index (χ3n) is 3.73. The van der Waals surface area contributed by atoms with Gasteiger partial charge in [0.05, 0.1) is 4.92 Å². The number of primary amides is 1. The van der Waals surface area contributed by atoms with E-state index >= 15 is 0 Å². The predicted octanol–water partition coefficient (Wildman–Crippen LogP) is 2.06. The van der Waals surface area contributed by atoms with E-state index in [0.29, 0.717) is 0 Å². The highest BCUT2D eigenvalue weighted by atomic mass is 16.6. The molecule has 0 heterocycles. The molecule has 0 spiro atoms. The van der Waals surface area contributed by atoms with Gasteiger partial charge in [-0.2, -0.15) is 0 Å². The van der Waals surface area contributed by atoms with Gasteiger partial charge in [-0.05, 0) is 24.1 Å². The highest BCUT2D eigenvalue weighted by Crippen LogP contribution is 2.18. The van der Waals surface area contributed by atoms with Gasteiger partial charge in [-0.25, -0.2) is 9.59 Å². The molecule has 1 atom stereocenters. The summed E-state index contributed by atoms with van der Waals surface area (Å²) in [6, 6.07) is 12.6. The molecule has 0 aromatic heterocycles. The molecule has 2 amide bonds. The molecule has 2 aromatic carbocycles. The van der Waals surface area contributed by atoms with Crippen LogP contribution in [0.25, 0.3) is 0 Å². The van der Waals surface area contributed by atoms with Crippen molar-refractivity contribution in [2.24, 2.45) is 5.73 Å². The van der Waals surface area contributed by atoms with E-state index < -0.39 is 28.9 Å². The summed E-state index contributed by atoms with van der Waals surface area (Å²) in [5, 5.41) is 13.0. The number of nitrogens with zero attached hydrogens (tertiary/aromatic N) is 1.